The molecule has 0 fully saturated rings. The van der Waals surface area contributed by atoms with Gasteiger partial charge in [-0.1, -0.05) is 31.9 Å². The first-order valence-corrected chi connectivity index (χ1v) is 7.00. The minimum atomic E-state index is -0.908. The molecule has 0 radical (unpaired) electrons. The normalized spacial score (nSPS) is 12.9. The molecule has 0 aliphatic heterocycles. The number of allylic oxidation sites excluding steroid dienone is 2. The third kappa shape index (κ3) is 9.28. The van der Waals surface area contributed by atoms with Crippen LogP contribution in [-0.2, 0) is 19.1 Å². The Labute approximate surface area is 116 Å². The highest BCUT2D eigenvalue weighted by Gasteiger charge is 2.16. The van der Waals surface area contributed by atoms with Gasteiger partial charge in [0.05, 0.1) is 13.2 Å². The van der Waals surface area contributed by atoms with E-state index in [2.05, 4.69) is 31.6 Å². The highest BCUT2D eigenvalue weighted by Crippen LogP contribution is 2.12. The van der Waals surface area contributed by atoms with Gasteiger partial charge >= 0.3 is 11.9 Å². The van der Waals surface area contributed by atoms with Crippen LogP contribution in [0.25, 0.3) is 0 Å². The van der Waals surface area contributed by atoms with Gasteiger partial charge in [-0.05, 0) is 39.0 Å². The summed E-state index contributed by atoms with van der Waals surface area (Å²) in [6.07, 6.45) is 6.25. The van der Waals surface area contributed by atoms with Crippen molar-refractivity contribution in [1.82, 2.24) is 0 Å². The molecule has 110 valence electrons. The Morgan fingerprint density at radius 2 is 1.79 bits per heavy atom. The molecule has 0 amide bonds. The van der Waals surface area contributed by atoms with Crippen LogP contribution in [-0.4, -0.2) is 25.2 Å². The maximum atomic E-state index is 11.2. The lowest BCUT2D eigenvalue weighted by Gasteiger charge is -2.10. The Kier molecular flexibility index (Phi) is 9.85. The fourth-order valence-corrected chi connectivity index (χ4v) is 1.62. The predicted molar refractivity (Wildman–Crippen MR) is 74.7 cm³/mol. The summed E-state index contributed by atoms with van der Waals surface area (Å²) in [5.41, 5.74) is 1.40. The van der Waals surface area contributed by atoms with E-state index in [9.17, 15) is 9.59 Å². The average Bonchev–Trinajstić information content (AvgIpc) is 2.37. The van der Waals surface area contributed by atoms with E-state index in [-0.39, 0.29) is 13.2 Å². The first-order chi connectivity index (χ1) is 9.01. The Balaban J connectivity index is 3.80. The molecule has 0 spiro atoms. The molecule has 0 rings (SSSR count). The molecule has 0 heterocycles. The standard InChI is InChI=1S/C15H26O4/c1-5-7-12(3)8-9-13(4)10-11-19-15(17)14(16)18-6-2/h8,13H,5-7,9-11H2,1-4H3. The number of ether oxygens (including phenoxy) is 2. The second kappa shape index (κ2) is 10.6. The van der Waals surface area contributed by atoms with Crippen LogP contribution < -0.4 is 0 Å². The molecule has 0 saturated heterocycles. The lowest BCUT2D eigenvalue weighted by molar-refractivity contribution is -0.167. The van der Waals surface area contributed by atoms with Gasteiger partial charge in [-0.3, -0.25) is 0 Å². The molecule has 19 heavy (non-hydrogen) atoms. The number of carbonyl (C=O) groups excluding carboxylic acids is 2. The summed E-state index contributed by atoms with van der Waals surface area (Å²) in [7, 11) is 0. The van der Waals surface area contributed by atoms with Crippen LogP contribution in [0.5, 0.6) is 0 Å². The minimum Gasteiger partial charge on any atom is -0.458 e. The van der Waals surface area contributed by atoms with Crippen molar-refractivity contribution in [2.75, 3.05) is 13.2 Å². The van der Waals surface area contributed by atoms with Crippen molar-refractivity contribution in [1.29, 1.82) is 0 Å². The second-order valence-corrected chi connectivity index (χ2v) is 4.79. The van der Waals surface area contributed by atoms with Crippen molar-refractivity contribution in [2.24, 2.45) is 5.92 Å². The zero-order valence-electron chi connectivity index (χ0n) is 12.5. The summed E-state index contributed by atoms with van der Waals surface area (Å²) < 4.78 is 9.39. The molecule has 0 N–H and O–H groups in total. The summed E-state index contributed by atoms with van der Waals surface area (Å²) >= 11 is 0. The van der Waals surface area contributed by atoms with Gasteiger partial charge in [-0.2, -0.15) is 0 Å². The molecule has 0 aliphatic carbocycles. The van der Waals surface area contributed by atoms with Crippen molar-refractivity contribution in [3.05, 3.63) is 11.6 Å². The third-order valence-electron chi connectivity index (χ3n) is 2.80. The molecular weight excluding hydrogens is 244 g/mol. The zero-order valence-corrected chi connectivity index (χ0v) is 12.5. The minimum absolute atomic E-state index is 0.186. The zero-order chi connectivity index (χ0) is 14.7. The van der Waals surface area contributed by atoms with Gasteiger partial charge < -0.3 is 9.47 Å². The fourth-order valence-electron chi connectivity index (χ4n) is 1.62. The molecule has 4 heteroatoms. The van der Waals surface area contributed by atoms with Crippen LogP contribution in [0.3, 0.4) is 0 Å². The third-order valence-corrected chi connectivity index (χ3v) is 2.80. The Hall–Kier alpha value is -1.32. The SMILES string of the molecule is CCCC(C)=CCC(C)CCOC(=O)C(=O)OCC. The van der Waals surface area contributed by atoms with Crippen molar-refractivity contribution in [2.45, 2.75) is 53.4 Å². The van der Waals surface area contributed by atoms with Crippen molar-refractivity contribution in [3.63, 3.8) is 0 Å². The molecule has 1 unspecified atom stereocenters. The summed E-state index contributed by atoms with van der Waals surface area (Å²) in [6.45, 7) is 8.50. The van der Waals surface area contributed by atoms with Crippen LogP contribution >= 0.6 is 0 Å². The van der Waals surface area contributed by atoms with Gasteiger partial charge in [0.1, 0.15) is 0 Å². The maximum absolute atomic E-state index is 11.2. The highest BCUT2D eigenvalue weighted by atomic mass is 16.6. The van der Waals surface area contributed by atoms with Crippen LogP contribution in [0.2, 0.25) is 0 Å². The van der Waals surface area contributed by atoms with E-state index < -0.39 is 11.9 Å². The molecule has 0 aromatic heterocycles. The first-order valence-electron chi connectivity index (χ1n) is 7.00. The summed E-state index contributed by atoms with van der Waals surface area (Å²) in [4.78, 5) is 22.2. The Morgan fingerprint density at radius 3 is 2.37 bits per heavy atom. The fraction of sp³-hybridized carbons (Fsp3) is 0.733. The van der Waals surface area contributed by atoms with E-state index in [4.69, 9.17) is 4.74 Å². The quantitative estimate of drug-likeness (QED) is 0.386. The van der Waals surface area contributed by atoms with Gasteiger partial charge in [0.2, 0.25) is 0 Å². The van der Waals surface area contributed by atoms with E-state index in [1.54, 1.807) is 6.92 Å². The molecule has 0 aromatic rings. The number of carbonyl (C=O) groups is 2. The van der Waals surface area contributed by atoms with Crippen molar-refractivity contribution in [3.8, 4) is 0 Å². The Morgan fingerprint density at radius 1 is 1.16 bits per heavy atom. The summed E-state index contributed by atoms with van der Waals surface area (Å²) in [5.74, 6) is -1.37. The van der Waals surface area contributed by atoms with E-state index in [1.165, 1.54) is 5.57 Å². The van der Waals surface area contributed by atoms with Gasteiger partial charge in [0.25, 0.3) is 0 Å². The highest BCUT2D eigenvalue weighted by molar-refractivity contribution is 6.29. The van der Waals surface area contributed by atoms with Crippen LogP contribution in [0.15, 0.2) is 11.6 Å². The Bertz CT molecular complexity index is 307. The van der Waals surface area contributed by atoms with Crippen LogP contribution in [0, 0.1) is 5.92 Å². The molecule has 0 bridgehead atoms. The summed E-state index contributed by atoms with van der Waals surface area (Å²) in [6, 6.07) is 0. The molecule has 0 aromatic carbocycles. The van der Waals surface area contributed by atoms with Gasteiger partial charge in [-0.15, -0.1) is 0 Å². The predicted octanol–water partition coefficient (Wildman–Crippen LogP) is 3.26. The maximum Gasteiger partial charge on any atom is 0.417 e. The molecule has 0 aliphatic rings. The lowest BCUT2D eigenvalue weighted by atomic mass is 10.0. The second-order valence-electron chi connectivity index (χ2n) is 4.79. The first kappa shape index (κ1) is 17.7. The molecule has 1 atom stereocenters. The molecule has 4 nitrogen and oxygen atoms in total. The largest absolute Gasteiger partial charge is 0.458 e. The molecular formula is C15H26O4. The van der Waals surface area contributed by atoms with E-state index >= 15 is 0 Å². The van der Waals surface area contributed by atoms with Crippen LogP contribution in [0.4, 0.5) is 0 Å². The van der Waals surface area contributed by atoms with Crippen molar-refractivity contribution < 1.29 is 19.1 Å². The van der Waals surface area contributed by atoms with E-state index in [0.29, 0.717) is 5.92 Å². The number of esters is 2. The lowest BCUT2D eigenvalue weighted by Crippen LogP contribution is -2.21. The van der Waals surface area contributed by atoms with Gasteiger partial charge in [-0.25, -0.2) is 9.59 Å². The van der Waals surface area contributed by atoms with Gasteiger partial charge in [0.15, 0.2) is 0 Å². The number of rotatable bonds is 8. The smallest absolute Gasteiger partial charge is 0.417 e. The number of hydrogen-bond acceptors (Lipinski definition) is 4. The van der Waals surface area contributed by atoms with Crippen molar-refractivity contribution >= 4 is 11.9 Å². The van der Waals surface area contributed by atoms with Gasteiger partial charge in [0, 0.05) is 0 Å². The number of hydrogen-bond donors (Lipinski definition) is 0. The monoisotopic (exact) mass is 270 g/mol. The topological polar surface area (TPSA) is 52.6 Å². The van der Waals surface area contributed by atoms with Crippen LogP contribution in [0.1, 0.15) is 53.4 Å². The van der Waals surface area contributed by atoms with E-state index in [0.717, 1.165) is 25.7 Å². The summed E-state index contributed by atoms with van der Waals surface area (Å²) in [5, 5.41) is 0. The molecule has 0 saturated carbocycles. The average molecular weight is 270 g/mol. The van der Waals surface area contributed by atoms with E-state index in [1.807, 2.05) is 0 Å².